The lowest BCUT2D eigenvalue weighted by atomic mass is 10.0. The van der Waals surface area contributed by atoms with E-state index in [0.29, 0.717) is 28.2 Å². The van der Waals surface area contributed by atoms with Crippen LogP contribution in [0.25, 0.3) is 27.7 Å². The summed E-state index contributed by atoms with van der Waals surface area (Å²) >= 11 is 0. The molecule has 0 radical (unpaired) electrons. The highest BCUT2D eigenvalue weighted by molar-refractivity contribution is 5.98. The topological polar surface area (TPSA) is 93.8 Å². The highest BCUT2D eigenvalue weighted by Gasteiger charge is 2.38. The molecule has 2 aromatic heterocycles. The molecule has 178 valence electrons. The number of aromatic nitrogens is 2. The van der Waals surface area contributed by atoms with Crippen molar-refractivity contribution in [2.75, 3.05) is 20.8 Å². The summed E-state index contributed by atoms with van der Waals surface area (Å²) in [5, 5.41) is 0.743. The van der Waals surface area contributed by atoms with Crippen LogP contribution in [0.1, 0.15) is 26.5 Å². The molecule has 3 aromatic rings. The third-order valence-corrected chi connectivity index (χ3v) is 5.44. The molecule has 3 heterocycles. The SMILES string of the molecule is COC(=O)C1C=C(c2cc3c(-c4cc(F)ccc4OC)ccnc3[nH]2)CN1C(=O)OC(C)(C)C. The normalized spacial score (nSPS) is 15.9. The van der Waals surface area contributed by atoms with E-state index in [9.17, 15) is 14.0 Å². The number of esters is 1. The fraction of sp³-hybridized carbons (Fsp3) is 0.320. The fourth-order valence-corrected chi connectivity index (χ4v) is 3.93. The Hall–Kier alpha value is -3.88. The van der Waals surface area contributed by atoms with Gasteiger partial charge in [-0.05, 0) is 68.3 Å². The van der Waals surface area contributed by atoms with Crippen LogP contribution in [0.15, 0.2) is 42.6 Å². The van der Waals surface area contributed by atoms with Crippen molar-refractivity contribution in [2.45, 2.75) is 32.4 Å². The molecule has 4 rings (SSSR count). The van der Waals surface area contributed by atoms with Crippen LogP contribution in [0.5, 0.6) is 5.75 Å². The Morgan fingerprint density at radius 2 is 1.91 bits per heavy atom. The second kappa shape index (κ2) is 8.81. The number of hydrogen-bond acceptors (Lipinski definition) is 6. The predicted octanol–water partition coefficient (Wildman–Crippen LogP) is 4.55. The molecule has 1 aliphatic heterocycles. The zero-order valence-corrected chi connectivity index (χ0v) is 19.6. The van der Waals surface area contributed by atoms with Crippen molar-refractivity contribution in [3.63, 3.8) is 0 Å². The maximum absolute atomic E-state index is 14.0. The molecule has 1 aromatic carbocycles. The van der Waals surface area contributed by atoms with Crippen molar-refractivity contribution in [3.05, 3.63) is 54.1 Å². The van der Waals surface area contributed by atoms with E-state index in [-0.39, 0.29) is 12.4 Å². The highest BCUT2D eigenvalue weighted by Crippen LogP contribution is 2.37. The zero-order valence-electron chi connectivity index (χ0n) is 19.6. The van der Waals surface area contributed by atoms with Crippen molar-refractivity contribution in [1.29, 1.82) is 0 Å². The van der Waals surface area contributed by atoms with Gasteiger partial charge in [0, 0.05) is 22.8 Å². The van der Waals surface area contributed by atoms with Crippen LogP contribution < -0.4 is 4.74 Å². The molecule has 34 heavy (non-hydrogen) atoms. The molecule has 0 saturated heterocycles. The molecule has 0 fully saturated rings. The molecule has 0 spiro atoms. The highest BCUT2D eigenvalue weighted by atomic mass is 19.1. The van der Waals surface area contributed by atoms with Crippen molar-refractivity contribution < 1.29 is 28.2 Å². The molecule has 0 saturated carbocycles. The summed E-state index contributed by atoms with van der Waals surface area (Å²) < 4.78 is 29.8. The molecule has 8 nitrogen and oxygen atoms in total. The number of pyridine rings is 1. The lowest BCUT2D eigenvalue weighted by Crippen LogP contribution is -2.44. The van der Waals surface area contributed by atoms with Gasteiger partial charge in [0.1, 0.15) is 22.8 Å². The number of ether oxygens (including phenoxy) is 3. The van der Waals surface area contributed by atoms with E-state index >= 15 is 0 Å². The summed E-state index contributed by atoms with van der Waals surface area (Å²) in [5.74, 6) is -0.428. The van der Waals surface area contributed by atoms with Crippen molar-refractivity contribution in [2.24, 2.45) is 0 Å². The first-order valence-electron chi connectivity index (χ1n) is 10.7. The first-order valence-corrected chi connectivity index (χ1v) is 10.7. The summed E-state index contributed by atoms with van der Waals surface area (Å²) in [7, 11) is 2.80. The number of carbonyl (C=O) groups is 2. The summed E-state index contributed by atoms with van der Waals surface area (Å²) in [4.78, 5) is 34.1. The van der Waals surface area contributed by atoms with Gasteiger partial charge in [-0.2, -0.15) is 0 Å². The lowest BCUT2D eigenvalue weighted by molar-refractivity contribution is -0.144. The number of aromatic amines is 1. The number of benzene rings is 1. The minimum absolute atomic E-state index is 0.139. The van der Waals surface area contributed by atoms with E-state index in [4.69, 9.17) is 14.2 Å². The van der Waals surface area contributed by atoms with Crippen LogP contribution in [0, 0.1) is 5.82 Å². The Kier molecular flexibility index (Phi) is 6.03. The van der Waals surface area contributed by atoms with Crippen LogP contribution in [-0.2, 0) is 14.3 Å². The number of methoxy groups -OCH3 is 2. The number of nitrogens with one attached hydrogen (secondary N) is 1. The van der Waals surface area contributed by atoms with E-state index in [1.165, 1.54) is 31.3 Å². The van der Waals surface area contributed by atoms with Gasteiger partial charge in [0.2, 0.25) is 0 Å². The number of hydrogen-bond donors (Lipinski definition) is 1. The molecule has 1 atom stereocenters. The van der Waals surface area contributed by atoms with Gasteiger partial charge in [-0.1, -0.05) is 0 Å². The number of amides is 1. The molecule has 0 bridgehead atoms. The van der Waals surface area contributed by atoms with Gasteiger partial charge >= 0.3 is 12.1 Å². The zero-order chi connectivity index (χ0) is 24.6. The van der Waals surface area contributed by atoms with Crippen LogP contribution in [0.2, 0.25) is 0 Å². The molecule has 0 aliphatic carbocycles. The second-order valence-electron chi connectivity index (χ2n) is 8.92. The quantitative estimate of drug-likeness (QED) is 0.566. The van der Waals surface area contributed by atoms with Gasteiger partial charge in [-0.3, -0.25) is 4.90 Å². The molecular formula is C25H26FN3O5. The Morgan fingerprint density at radius 3 is 2.59 bits per heavy atom. The van der Waals surface area contributed by atoms with Crippen LogP contribution in [-0.4, -0.2) is 59.3 Å². The van der Waals surface area contributed by atoms with Gasteiger partial charge in [0.05, 0.1) is 20.8 Å². The molecule has 9 heteroatoms. The first-order chi connectivity index (χ1) is 16.1. The monoisotopic (exact) mass is 467 g/mol. The van der Waals surface area contributed by atoms with E-state index in [2.05, 4.69) is 9.97 Å². The van der Waals surface area contributed by atoms with E-state index in [1.807, 2.05) is 6.07 Å². The van der Waals surface area contributed by atoms with Gasteiger partial charge in [-0.25, -0.2) is 19.0 Å². The summed E-state index contributed by atoms with van der Waals surface area (Å²) in [6, 6.07) is 7.05. The Morgan fingerprint density at radius 1 is 1.15 bits per heavy atom. The van der Waals surface area contributed by atoms with Crippen LogP contribution >= 0.6 is 0 Å². The predicted molar refractivity (Wildman–Crippen MR) is 125 cm³/mol. The average molecular weight is 467 g/mol. The minimum Gasteiger partial charge on any atom is -0.496 e. The van der Waals surface area contributed by atoms with E-state index in [0.717, 1.165) is 10.9 Å². The average Bonchev–Trinajstić information content (AvgIpc) is 3.42. The third-order valence-electron chi connectivity index (χ3n) is 5.44. The van der Waals surface area contributed by atoms with Crippen LogP contribution in [0.3, 0.4) is 0 Å². The van der Waals surface area contributed by atoms with E-state index in [1.54, 1.807) is 45.2 Å². The van der Waals surface area contributed by atoms with Crippen molar-refractivity contribution >= 4 is 28.7 Å². The Labute approximate surface area is 196 Å². The van der Waals surface area contributed by atoms with Crippen LogP contribution in [0.4, 0.5) is 9.18 Å². The number of H-pyrrole nitrogens is 1. The smallest absolute Gasteiger partial charge is 0.411 e. The fourth-order valence-electron chi connectivity index (χ4n) is 3.93. The number of fused-ring (bicyclic) bond motifs is 1. The van der Waals surface area contributed by atoms with E-state index < -0.39 is 23.7 Å². The minimum atomic E-state index is -0.919. The molecule has 1 N–H and O–H groups in total. The second-order valence-corrected chi connectivity index (χ2v) is 8.92. The number of nitrogens with zero attached hydrogens (tertiary/aromatic N) is 2. The molecule has 1 unspecified atom stereocenters. The van der Waals surface area contributed by atoms with Crippen molar-refractivity contribution in [3.8, 4) is 16.9 Å². The van der Waals surface area contributed by atoms with Crippen molar-refractivity contribution in [1.82, 2.24) is 14.9 Å². The van der Waals surface area contributed by atoms with Gasteiger partial charge < -0.3 is 19.2 Å². The number of halogens is 1. The summed E-state index contributed by atoms with van der Waals surface area (Å²) in [6.07, 6.45) is 2.67. The molecular weight excluding hydrogens is 441 g/mol. The van der Waals surface area contributed by atoms with Gasteiger partial charge in [-0.15, -0.1) is 0 Å². The Bertz CT molecular complexity index is 1290. The number of carbonyl (C=O) groups excluding carboxylic acids is 2. The lowest BCUT2D eigenvalue weighted by Gasteiger charge is -2.27. The summed E-state index contributed by atoms with van der Waals surface area (Å²) in [6.45, 7) is 5.41. The van der Waals surface area contributed by atoms with Gasteiger partial charge in [0.25, 0.3) is 0 Å². The van der Waals surface area contributed by atoms with Gasteiger partial charge in [0.15, 0.2) is 6.04 Å². The third kappa shape index (κ3) is 4.46. The Balaban J connectivity index is 1.75. The maximum Gasteiger partial charge on any atom is 0.411 e. The molecule has 1 aliphatic rings. The standard InChI is InChI=1S/C25H26FN3O5/c1-25(2,3)34-24(31)29-13-14(10-20(29)23(30)33-5)19-12-18-16(8-9-27-22(18)28-19)17-11-15(26)6-7-21(17)32-4/h6-12,20H,13H2,1-5H3,(H,27,28). The maximum atomic E-state index is 14.0. The largest absolute Gasteiger partial charge is 0.496 e. The first kappa shape index (κ1) is 23.3. The molecule has 1 amide bonds. The number of rotatable bonds is 4. The summed E-state index contributed by atoms with van der Waals surface area (Å²) in [5.41, 5.74) is 2.55.